The van der Waals surface area contributed by atoms with E-state index in [0.29, 0.717) is 0 Å². The number of ether oxygens (including phenoxy) is 1. The Bertz CT molecular complexity index is 615. The van der Waals surface area contributed by atoms with Crippen LogP contribution in [-0.2, 0) is 4.74 Å². The highest BCUT2D eigenvalue weighted by atomic mass is 19.1. The van der Waals surface area contributed by atoms with E-state index in [1.807, 2.05) is 0 Å². The molecule has 0 amide bonds. The van der Waals surface area contributed by atoms with Gasteiger partial charge in [-0.2, -0.15) is 4.98 Å². The largest absolute Gasteiger partial charge is 0.461 e. The number of nitrogens with zero attached hydrogens (tertiary/aromatic N) is 1. The molecule has 2 N–H and O–H groups in total. The smallest absolute Gasteiger partial charge is 0.360 e. The third-order valence-corrected chi connectivity index (χ3v) is 2.70. The Morgan fingerprint density at radius 2 is 2.29 bits per heavy atom. The van der Waals surface area contributed by atoms with Gasteiger partial charge in [-0.3, -0.25) is 0 Å². The SMILES string of the molecule is CCOC(=O)c1coc(NCC(O)c2ccccc2F)n1. The lowest BCUT2D eigenvalue weighted by atomic mass is 10.1. The van der Waals surface area contributed by atoms with E-state index in [0.717, 1.165) is 6.26 Å². The number of hydrogen-bond donors (Lipinski definition) is 2. The second-order valence-corrected chi connectivity index (χ2v) is 4.18. The van der Waals surface area contributed by atoms with Gasteiger partial charge in [0.25, 0.3) is 6.01 Å². The van der Waals surface area contributed by atoms with Crippen LogP contribution in [0.25, 0.3) is 0 Å². The van der Waals surface area contributed by atoms with Crippen molar-refractivity contribution >= 4 is 12.0 Å². The van der Waals surface area contributed by atoms with Gasteiger partial charge >= 0.3 is 5.97 Å². The number of carbonyl (C=O) groups is 1. The molecule has 2 rings (SSSR count). The van der Waals surface area contributed by atoms with Gasteiger partial charge in [0, 0.05) is 12.1 Å². The number of oxazole rings is 1. The summed E-state index contributed by atoms with van der Waals surface area (Å²) in [7, 11) is 0. The molecule has 0 aliphatic heterocycles. The van der Waals surface area contributed by atoms with Crippen molar-refractivity contribution in [3.63, 3.8) is 0 Å². The zero-order valence-electron chi connectivity index (χ0n) is 11.4. The topological polar surface area (TPSA) is 84.6 Å². The van der Waals surface area contributed by atoms with Crippen molar-refractivity contribution in [2.24, 2.45) is 0 Å². The molecule has 1 unspecified atom stereocenters. The third-order valence-electron chi connectivity index (χ3n) is 2.70. The number of aliphatic hydroxyl groups is 1. The standard InChI is InChI=1S/C14H15FN2O4/c1-2-20-13(19)11-8-21-14(17-11)16-7-12(18)9-5-3-4-6-10(9)15/h3-6,8,12,18H,2,7H2,1H3,(H,16,17). The lowest BCUT2D eigenvalue weighted by molar-refractivity contribution is 0.0519. The summed E-state index contributed by atoms with van der Waals surface area (Å²) in [5.41, 5.74) is 0.196. The van der Waals surface area contributed by atoms with Crippen LogP contribution in [-0.4, -0.2) is 29.2 Å². The molecule has 1 atom stereocenters. The van der Waals surface area contributed by atoms with Gasteiger partial charge in [-0.05, 0) is 13.0 Å². The highest BCUT2D eigenvalue weighted by Crippen LogP contribution is 2.17. The van der Waals surface area contributed by atoms with E-state index in [4.69, 9.17) is 9.15 Å². The van der Waals surface area contributed by atoms with Crippen molar-refractivity contribution in [2.45, 2.75) is 13.0 Å². The van der Waals surface area contributed by atoms with Gasteiger partial charge in [-0.15, -0.1) is 0 Å². The zero-order chi connectivity index (χ0) is 15.2. The lowest BCUT2D eigenvalue weighted by Gasteiger charge is -2.11. The average Bonchev–Trinajstić information content (AvgIpc) is 2.94. The van der Waals surface area contributed by atoms with Crippen molar-refractivity contribution in [3.05, 3.63) is 47.6 Å². The van der Waals surface area contributed by atoms with Crippen molar-refractivity contribution in [1.82, 2.24) is 4.98 Å². The second-order valence-electron chi connectivity index (χ2n) is 4.18. The maximum Gasteiger partial charge on any atom is 0.360 e. The van der Waals surface area contributed by atoms with Crippen LogP contribution in [0.3, 0.4) is 0 Å². The number of aliphatic hydroxyl groups excluding tert-OH is 1. The van der Waals surface area contributed by atoms with Crippen LogP contribution in [0.4, 0.5) is 10.4 Å². The number of nitrogens with one attached hydrogen (secondary N) is 1. The minimum absolute atomic E-state index is 0.0102. The van der Waals surface area contributed by atoms with Crippen LogP contribution in [0, 0.1) is 5.82 Å². The average molecular weight is 294 g/mol. The number of hydrogen-bond acceptors (Lipinski definition) is 6. The Morgan fingerprint density at radius 1 is 1.52 bits per heavy atom. The van der Waals surface area contributed by atoms with Crippen molar-refractivity contribution in [3.8, 4) is 0 Å². The van der Waals surface area contributed by atoms with Crippen molar-refractivity contribution < 1.29 is 23.4 Å². The highest BCUT2D eigenvalue weighted by Gasteiger charge is 2.15. The first kappa shape index (κ1) is 15.0. The van der Waals surface area contributed by atoms with Crippen LogP contribution in [0.1, 0.15) is 29.1 Å². The van der Waals surface area contributed by atoms with E-state index in [-0.39, 0.29) is 30.4 Å². The van der Waals surface area contributed by atoms with Gasteiger partial charge in [0.15, 0.2) is 5.69 Å². The summed E-state index contributed by atoms with van der Waals surface area (Å²) in [4.78, 5) is 15.3. The number of aromatic nitrogens is 1. The molecule has 0 aliphatic carbocycles. The first-order valence-electron chi connectivity index (χ1n) is 6.40. The monoisotopic (exact) mass is 294 g/mol. The molecule has 0 spiro atoms. The Labute approximate surface area is 120 Å². The number of halogens is 1. The lowest BCUT2D eigenvalue weighted by Crippen LogP contribution is -2.14. The molecule has 1 aromatic carbocycles. The number of carbonyl (C=O) groups excluding carboxylic acids is 1. The zero-order valence-corrected chi connectivity index (χ0v) is 11.4. The summed E-state index contributed by atoms with van der Waals surface area (Å²) >= 11 is 0. The van der Waals surface area contributed by atoms with Crippen LogP contribution >= 0.6 is 0 Å². The first-order valence-corrected chi connectivity index (χ1v) is 6.40. The van der Waals surface area contributed by atoms with E-state index in [9.17, 15) is 14.3 Å². The molecular formula is C14H15FN2O4. The van der Waals surface area contributed by atoms with Gasteiger partial charge < -0.3 is 19.6 Å². The summed E-state index contributed by atoms with van der Waals surface area (Å²) in [6.07, 6.45) is 0.0830. The fourth-order valence-electron chi connectivity index (χ4n) is 1.69. The molecule has 6 nitrogen and oxygen atoms in total. The van der Waals surface area contributed by atoms with Crippen LogP contribution in [0.2, 0.25) is 0 Å². The van der Waals surface area contributed by atoms with E-state index >= 15 is 0 Å². The number of benzene rings is 1. The summed E-state index contributed by atoms with van der Waals surface area (Å²) in [5.74, 6) is -1.09. The third kappa shape index (κ3) is 3.79. The molecule has 0 radical (unpaired) electrons. The summed E-state index contributed by atoms with van der Waals surface area (Å²) in [5, 5.41) is 12.6. The highest BCUT2D eigenvalue weighted by molar-refractivity contribution is 5.87. The van der Waals surface area contributed by atoms with Crippen LogP contribution in [0.5, 0.6) is 0 Å². The molecule has 1 heterocycles. The maximum absolute atomic E-state index is 13.5. The molecule has 0 aliphatic rings. The van der Waals surface area contributed by atoms with Gasteiger partial charge in [0.1, 0.15) is 12.1 Å². The molecule has 0 bridgehead atoms. The molecule has 0 saturated carbocycles. The van der Waals surface area contributed by atoms with Crippen molar-refractivity contribution in [1.29, 1.82) is 0 Å². The van der Waals surface area contributed by atoms with E-state index in [2.05, 4.69) is 10.3 Å². The van der Waals surface area contributed by atoms with E-state index in [1.54, 1.807) is 19.1 Å². The normalized spacial score (nSPS) is 12.0. The molecule has 21 heavy (non-hydrogen) atoms. The Kier molecular flexibility index (Phi) is 4.89. The fraction of sp³-hybridized carbons (Fsp3) is 0.286. The maximum atomic E-state index is 13.5. The van der Waals surface area contributed by atoms with Crippen LogP contribution in [0.15, 0.2) is 34.9 Å². The van der Waals surface area contributed by atoms with Gasteiger partial charge in [0.2, 0.25) is 0 Å². The number of anilines is 1. The quantitative estimate of drug-likeness (QED) is 0.794. The minimum Gasteiger partial charge on any atom is -0.461 e. The Morgan fingerprint density at radius 3 is 3.00 bits per heavy atom. The fourth-order valence-corrected chi connectivity index (χ4v) is 1.69. The molecular weight excluding hydrogens is 279 g/mol. The minimum atomic E-state index is -1.07. The molecule has 0 saturated heterocycles. The Balaban J connectivity index is 1.94. The van der Waals surface area contributed by atoms with Gasteiger partial charge in [-0.1, -0.05) is 18.2 Å². The number of esters is 1. The molecule has 2 aromatic rings. The van der Waals surface area contributed by atoms with Crippen LogP contribution < -0.4 is 5.32 Å². The predicted molar refractivity (Wildman–Crippen MR) is 72.3 cm³/mol. The van der Waals surface area contributed by atoms with Crippen molar-refractivity contribution in [2.75, 3.05) is 18.5 Å². The van der Waals surface area contributed by atoms with E-state index in [1.165, 1.54) is 12.1 Å². The summed E-state index contributed by atoms with van der Waals surface area (Å²) in [6, 6.07) is 5.97. The first-order chi connectivity index (χ1) is 10.1. The second kappa shape index (κ2) is 6.85. The van der Waals surface area contributed by atoms with Gasteiger partial charge in [-0.25, -0.2) is 9.18 Å². The number of rotatable bonds is 6. The Hall–Kier alpha value is -2.41. The predicted octanol–water partition coefficient (Wildman–Crippen LogP) is 2.14. The van der Waals surface area contributed by atoms with E-state index < -0.39 is 17.9 Å². The van der Waals surface area contributed by atoms with Gasteiger partial charge in [0.05, 0.1) is 12.7 Å². The summed E-state index contributed by atoms with van der Waals surface area (Å²) < 4.78 is 23.3. The summed E-state index contributed by atoms with van der Waals surface area (Å²) in [6.45, 7) is 1.91. The molecule has 0 fully saturated rings. The molecule has 112 valence electrons. The molecule has 7 heteroatoms. The molecule has 1 aromatic heterocycles.